The van der Waals surface area contributed by atoms with E-state index in [-0.39, 0.29) is 18.3 Å². The molecule has 1 aliphatic rings. The topological polar surface area (TPSA) is 32.3 Å². The van der Waals surface area contributed by atoms with Gasteiger partial charge >= 0.3 is 0 Å². The van der Waals surface area contributed by atoms with Crippen LogP contribution in [0.4, 0.5) is 0 Å². The van der Waals surface area contributed by atoms with E-state index in [2.05, 4.69) is 27.9 Å². The number of carbonyl (C=O) groups excluding carboxylic acids is 1. The Bertz CT molecular complexity index is 453. The molecule has 1 aromatic carbocycles. The minimum atomic E-state index is 0. The molecule has 1 unspecified atom stereocenters. The number of likely N-dealkylation sites (tertiary alicyclic amines) is 1. The number of amides is 1. The molecule has 1 atom stereocenters. The molecule has 5 heteroatoms. The van der Waals surface area contributed by atoms with Crippen LogP contribution in [0.2, 0.25) is 0 Å². The minimum Gasteiger partial charge on any atom is -0.337 e. The van der Waals surface area contributed by atoms with Crippen LogP contribution in [0.5, 0.6) is 0 Å². The summed E-state index contributed by atoms with van der Waals surface area (Å²) in [6.07, 6.45) is 2.24. The van der Waals surface area contributed by atoms with Crippen molar-refractivity contribution >= 4 is 40.9 Å². The summed E-state index contributed by atoms with van der Waals surface area (Å²) in [6, 6.07) is 6.38. The van der Waals surface area contributed by atoms with E-state index in [0.717, 1.165) is 35.1 Å². The number of likely N-dealkylation sites (N-methyl/N-ethyl adjacent to an activating group) is 1. The molecule has 0 aromatic heterocycles. The third-order valence-electron chi connectivity index (χ3n) is 3.54. The lowest BCUT2D eigenvalue weighted by atomic mass is 10.0. The number of carbonyl (C=O) groups is 1. The van der Waals surface area contributed by atoms with Crippen LogP contribution in [0.15, 0.2) is 18.2 Å². The van der Waals surface area contributed by atoms with Gasteiger partial charge in [-0.05, 0) is 61.0 Å². The molecule has 1 fully saturated rings. The highest BCUT2D eigenvalue weighted by atomic mass is 127. The van der Waals surface area contributed by atoms with Crippen LogP contribution in [-0.2, 0) is 0 Å². The van der Waals surface area contributed by atoms with E-state index in [0.29, 0.717) is 6.04 Å². The van der Waals surface area contributed by atoms with Gasteiger partial charge < -0.3 is 10.2 Å². The van der Waals surface area contributed by atoms with Crippen LogP contribution < -0.4 is 5.32 Å². The Kier molecular flexibility index (Phi) is 6.56. The Labute approximate surface area is 134 Å². The normalized spacial score (nSPS) is 18.9. The van der Waals surface area contributed by atoms with E-state index in [1.54, 1.807) is 0 Å². The number of hydrogen-bond donors (Lipinski definition) is 1. The molecule has 0 bridgehead atoms. The van der Waals surface area contributed by atoms with E-state index in [1.165, 1.54) is 5.56 Å². The third kappa shape index (κ3) is 3.83. The number of rotatable bonds is 2. The predicted octanol–water partition coefficient (Wildman–Crippen LogP) is 2.85. The van der Waals surface area contributed by atoms with Crippen molar-refractivity contribution in [2.75, 3.05) is 20.1 Å². The third-order valence-corrected chi connectivity index (χ3v) is 4.97. The van der Waals surface area contributed by atoms with Gasteiger partial charge in [0.15, 0.2) is 0 Å². The lowest BCUT2D eigenvalue weighted by Crippen LogP contribution is -2.47. The summed E-state index contributed by atoms with van der Waals surface area (Å²) in [4.78, 5) is 14.5. The van der Waals surface area contributed by atoms with Crippen LogP contribution >= 0.6 is 35.0 Å². The molecule has 19 heavy (non-hydrogen) atoms. The fraction of sp³-hybridized carbons (Fsp3) is 0.500. The second-order valence-electron chi connectivity index (χ2n) is 4.82. The Morgan fingerprint density at radius 1 is 1.47 bits per heavy atom. The summed E-state index contributed by atoms with van der Waals surface area (Å²) < 4.78 is 1.08. The minimum absolute atomic E-state index is 0. The number of aryl methyl sites for hydroxylation is 1. The molecule has 1 heterocycles. The van der Waals surface area contributed by atoms with Gasteiger partial charge in [0.2, 0.25) is 0 Å². The lowest BCUT2D eigenvalue weighted by Gasteiger charge is -2.33. The van der Waals surface area contributed by atoms with E-state index in [1.807, 2.05) is 37.1 Å². The van der Waals surface area contributed by atoms with Gasteiger partial charge in [-0.15, -0.1) is 12.4 Å². The van der Waals surface area contributed by atoms with Crippen molar-refractivity contribution in [3.05, 3.63) is 32.9 Å². The first kappa shape index (κ1) is 16.7. The zero-order chi connectivity index (χ0) is 13.1. The van der Waals surface area contributed by atoms with E-state index < -0.39 is 0 Å². The van der Waals surface area contributed by atoms with E-state index >= 15 is 0 Å². The molecule has 0 aliphatic carbocycles. The van der Waals surface area contributed by atoms with Gasteiger partial charge in [0, 0.05) is 22.7 Å². The summed E-state index contributed by atoms with van der Waals surface area (Å²) in [5.74, 6) is 0.169. The van der Waals surface area contributed by atoms with Crippen molar-refractivity contribution in [1.82, 2.24) is 10.2 Å². The molecule has 1 saturated heterocycles. The molecule has 3 nitrogen and oxygen atoms in total. The molecular weight excluding hydrogens is 375 g/mol. The number of hydrogen-bond acceptors (Lipinski definition) is 2. The Morgan fingerprint density at radius 2 is 2.21 bits per heavy atom. The van der Waals surface area contributed by atoms with E-state index in [4.69, 9.17) is 0 Å². The maximum Gasteiger partial charge on any atom is 0.254 e. The molecule has 0 saturated carbocycles. The van der Waals surface area contributed by atoms with Gasteiger partial charge in [-0.3, -0.25) is 4.79 Å². The first-order valence-corrected chi connectivity index (χ1v) is 7.43. The van der Waals surface area contributed by atoms with Gasteiger partial charge in [0.05, 0.1) is 5.56 Å². The molecule has 1 N–H and O–H groups in total. The largest absolute Gasteiger partial charge is 0.337 e. The van der Waals surface area contributed by atoms with Crippen molar-refractivity contribution in [3.63, 3.8) is 0 Å². The van der Waals surface area contributed by atoms with Crippen molar-refractivity contribution in [3.8, 4) is 0 Å². The average molecular weight is 395 g/mol. The van der Waals surface area contributed by atoms with Crippen LogP contribution in [-0.4, -0.2) is 37.0 Å². The molecule has 1 aliphatic heterocycles. The summed E-state index contributed by atoms with van der Waals surface area (Å²) in [7, 11) is 1.97. The summed E-state index contributed by atoms with van der Waals surface area (Å²) >= 11 is 2.27. The standard InChI is InChI=1S/C14H19IN2O.ClH/c1-10-5-3-7-12(13(10)15)14(18)17-8-4-6-11(9-17)16-2;/h3,5,7,11,16H,4,6,8-9H2,1-2H3;1H. The monoisotopic (exact) mass is 394 g/mol. The van der Waals surface area contributed by atoms with Crippen LogP contribution in [0.25, 0.3) is 0 Å². The average Bonchev–Trinajstić information content (AvgIpc) is 2.41. The molecule has 2 rings (SSSR count). The van der Waals surface area contributed by atoms with Gasteiger partial charge in [-0.1, -0.05) is 12.1 Å². The molecule has 1 aromatic rings. The molecule has 0 radical (unpaired) electrons. The van der Waals surface area contributed by atoms with Gasteiger partial charge in [-0.2, -0.15) is 0 Å². The lowest BCUT2D eigenvalue weighted by molar-refractivity contribution is 0.0697. The Morgan fingerprint density at radius 3 is 2.89 bits per heavy atom. The fourth-order valence-corrected chi connectivity index (χ4v) is 2.97. The van der Waals surface area contributed by atoms with Gasteiger partial charge in [0.1, 0.15) is 0 Å². The quantitative estimate of drug-likeness (QED) is 0.782. The first-order valence-electron chi connectivity index (χ1n) is 6.35. The highest BCUT2D eigenvalue weighted by molar-refractivity contribution is 14.1. The van der Waals surface area contributed by atoms with Gasteiger partial charge in [-0.25, -0.2) is 0 Å². The number of nitrogens with one attached hydrogen (secondary N) is 1. The molecular formula is C14H20ClIN2O. The smallest absolute Gasteiger partial charge is 0.254 e. The summed E-state index contributed by atoms with van der Waals surface area (Å²) in [5.41, 5.74) is 2.01. The summed E-state index contributed by atoms with van der Waals surface area (Å²) in [6.45, 7) is 3.74. The molecule has 106 valence electrons. The Hall–Kier alpha value is -0.330. The zero-order valence-corrected chi connectivity index (χ0v) is 14.3. The zero-order valence-electron chi connectivity index (χ0n) is 11.3. The van der Waals surface area contributed by atoms with Crippen LogP contribution in [0, 0.1) is 10.5 Å². The highest BCUT2D eigenvalue weighted by Crippen LogP contribution is 2.20. The van der Waals surface area contributed by atoms with E-state index in [9.17, 15) is 4.79 Å². The summed E-state index contributed by atoms with van der Waals surface area (Å²) in [5, 5.41) is 3.27. The molecule has 1 amide bonds. The first-order chi connectivity index (χ1) is 8.63. The predicted molar refractivity (Wildman–Crippen MR) is 89.1 cm³/mol. The van der Waals surface area contributed by atoms with Crippen molar-refractivity contribution in [2.45, 2.75) is 25.8 Å². The maximum absolute atomic E-state index is 12.5. The number of nitrogens with zero attached hydrogens (tertiary/aromatic N) is 1. The highest BCUT2D eigenvalue weighted by Gasteiger charge is 2.24. The fourth-order valence-electron chi connectivity index (χ4n) is 2.38. The molecule has 0 spiro atoms. The second kappa shape index (κ2) is 7.45. The van der Waals surface area contributed by atoms with Gasteiger partial charge in [0.25, 0.3) is 5.91 Å². The maximum atomic E-state index is 12.5. The second-order valence-corrected chi connectivity index (χ2v) is 5.89. The van der Waals surface area contributed by atoms with Crippen LogP contribution in [0.1, 0.15) is 28.8 Å². The van der Waals surface area contributed by atoms with Crippen molar-refractivity contribution in [1.29, 1.82) is 0 Å². The SMILES string of the molecule is CNC1CCCN(C(=O)c2cccc(C)c2I)C1.Cl. The number of halogens is 2. The van der Waals surface area contributed by atoms with Crippen molar-refractivity contribution in [2.24, 2.45) is 0 Å². The Balaban J connectivity index is 0.00000180. The number of piperidine rings is 1. The number of benzene rings is 1. The van der Waals surface area contributed by atoms with Crippen LogP contribution in [0.3, 0.4) is 0 Å². The van der Waals surface area contributed by atoms with Crippen molar-refractivity contribution < 1.29 is 4.79 Å².